The van der Waals surface area contributed by atoms with E-state index in [1.165, 1.54) is 13.8 Å². The third-order valence-corrected chi connectivity index (χ3v) is 6.79. The monoisotopic (exact) mass is 560 g/mol. The molecule has 0 aromatic rings. The van der Waals surface area contributed by atoms with Crippen LogP contribution in [0.4, 0.5) is 57.1 Å². The van der Waals surface area contributed by atoms with Gasteiger partial charge in [0.25, 0.3) is 0 Å². The van der Waals surface area contributed by atoms with Crippen LogP contribution in [0.3, 0.4) is 0 Å². The molecule has 0 spiro atoms. The highest BCUT2D eigenvalue weighted by Crippen LogP contribution is 2.61. The van der Waals surface area contributed by atoms with Crippen molar-refractivity contribution in [2.24, 2.45) is 16.2 Å². The van der Waals surface area contributed by atoms with Crippen molar-refractivity contribution in [3.8, 4) is 0 Å². The molecule has 0 atom stereocenters. The summed E-state index contributed by atoms with van der Waals surface area (Å²) < 4.78 is 177. The van der Waals surface area contributed by atoms with Crippen molar-refractivity contribution in [2.75, 3.05) is 6.61 Å². The summed E-state index contributed by atoms with van der Waals surface area (Å²) in [7, 11) is 0. The van der Waals surface area contributed by atoms with Gasteiger partial charge in [0.05, 0.1) is 12.0 Å². The van der Waals surface area contributed by atoms with Crippen molar-refractivity contribution in [2.45, 2.75) is 104 Å². The maximum atomic E-state index is 14.0. The summed E-state index contributed by atoms with van der Waals surface area (Å²) in [4.78, 5) is 12.5. The Morgan fingerprint density at radius 3 is 1.36 bits per heavy atom. The second-order valence-electron chi connectivity index (χ2n) is 10.6. The lowest BCUT2D eigenvalue weighted by Crippen LogP contribution is -2.70. The van der Waals surface area contributed by atoms with Crippen molar-refractivity contribution in [1.29, 1.82) is 0 Å². The number of alkyl halides is 13. The summed E-state index contributed by atoms with van der Waals surface area (Å²) in [5, 5.41) is 0. The highest BCUT2D eigenvalue weighted by atomic mass is 19.4. The molecular formula is C21H29F13O2. The topological polar surface area (TPSA) is 26.3 Å². The number of hydrogen-bond donors (Lipinski definition) is 0. The predicted molar refractivity (Wildman–Crippen MR) is 103 cm³/mol. The summed E-state index contributed by atoms with van der Waals surface area (Å²) in [6, 6.07) is 0. The van der Waals surface area contributed by atoms with E-state index in [0.717, 1.165) is 13.8 Å². The number of carbonyl (C=O) groups excluding carboxylic acids is 1. The Morgan fingerprint density at radius 1 is 0.611 bits per heavy atom. The summed E-state index contributed by atoms with van der Waals surface area (Å²) in [6.45, 7) is 9.66. The second-order valence-corrected chi connectivity index (χ2v) is 10.6. The van der Waals surface area contributed by atoms with E-state index in [2.05, 4.69) is 0 Å². The molecule has 0 radical (unpaired) electrons. The Kier molecular flexibility index (Phi) is 9.31. The molecule has 0 fully saturated rings. The van der Waals surface area contributed by atoms with Crippen LogP contribution >= 0.6 is 0 Å². The normalized spacial score (nSPS) is 15.8. The van der Waals surface area contributed by atoms with Gasteiger partial charge in [-0.1, -0.05) is 34.6 Å². The van der Waals surface area contributed by atoms with E-state index < -0.39 is 77.5 Å². The van der Waals surface area contributed by atoms with Crippen LogP contribution in [0.5, 0.6) is 0 Å². The minimum absolute atomic E-state index is 0.506. The lowest BCUT2D eigenvalue weighted by Gasteiger charge is -2.40. The van der Waals surface area contributed by atoms with Crippen LogP contribution in [0.2, 0.25) is 0 Å². The van der Waals surface area contributed by atoms with Crippen LogP contribution in [0.1, 0.15) is 67.7 Å². The number of carbonyl (C=O) groups is 1. The molecule has 0 aliphatic heterocycles. The van der Waals surface area contributed by atoms with Crippen molar-refractivity contribution >= 4 is 5.97 Å². The Bertz CT molecular complexity index is 781. The zero-order valence-electron chi connectivity index (χ0n) is 20.6. The molecule has 0 aromatic carbocycles. The molecule has 0 saturated heterocycles. The maximum Gasteiger partial charge on any atom is 0.460 e. The molecular weight excluding hydrogens is 531 g/mol. The van der Waals surface area contributed by atoms with Gasteiger partial charge in [-0.3, -0.25) is 4.79 Å². The SMILES string of the molecule is CCC(C)(C)C(C)(C)C(=O)OCC(C)(C)CCC(F)(F)C(F)(F)C(F)(F)C(F)(F)C(F)(F)C(F)(F)F. The van der Waals surface area contributed by atoms with Gasteiger partial charge in [-0.15, -0.1) is 0 Å². The van der Waals surface area contributed by atoms with E-state index in [0.29, 0.717) is 6.42 Å². The molecule has 0 rings (SSSR count). The molecule has 0 aromatic heterocycles. The van der Waals surface area contributed by atoms with Crippen molar-refractivity contribution < 1.29 is 66.6 Å². The van der Waals surface area contributed by atoms with Crippen LogP contribution < -0.4 is 0 Å². The molecule has 36 heavy (non-hydrogen) atoms. The fourth-order valence-electron chi connectivity index (χ4n) is 2.69. The van der Waals surface area contributed by atoms with Gasteiger partial charge in [0.2, 0.25) is 0 Å². The molecule has 0 bridgehead atoms. The van der Waals surface area contributed by atoms with Crippen molar-refractivity contribution in [1.82, 2.24) is 0 Å². The number of rotatable bonds is 12. The standard InChI is InChI=1S/C21H29F13O2/c1-8-14(4,5)15(6,7)12(35)36-11-13(2,3)9-10-16(22,23)17(24,25)18(26,27)19(28,29)20(30,31)21(32,33)34/h8-11H2,1-7H3. The number of esters is 1. The fraction of sp³-hybridized carbons (Fsp3) is 0.952. The Morgan fingerprint density at radius 2 is 1.00 bits per heavy atom. The molecule has 216 valence electrons. The molecule has 0 aliphatic carbocycles. The highest BCUT2D eigenvalue weighted by molar-refractivity contribution is 5.77. The quantitative estimate of drug-likeness (QED) is 0.177. The third-order valence-electron chi connectivity index (χ3n) is 6.79. The van der Waals surface area contributed by atoms with Crippen molar-refractivity contribution in [3.05, 3.63) is 0 Å². The molecule has 2 nitrogen and oxygen atoms in total. The lowest BCUT2D eigenvalue weighted by molar-refractivity contribution is -0.440. The van der Waals surface area contributed by atoms with Gasteiger partial charge in [0.1, 0.15) is 0 Å². The first-order chi connectivity index (χ1) is 15.4. The van der Waals surface area contributed by atoms with Gasteiger partial charge in [-0.25, -0.2) is 0 Å². The van der Waals surface area contributed by atoms with Crippen LogP contribution in [0.25, 0.3) is 0 Å². The highest BCUT2D eigenvalue weighted by Gasteiger charge is 2.90. The first-order valence-corrected chi connectivity index (χ1v) is 10.5. The van der Waals surface area contributed by atoms with Crippen LogP contribution in [0, 0.1) is 16.2 Å². The van der Waals surface area contributed by atoms with Gasteiger partial charge in [0, 0.05) is 6.42 Å². The molecule has 0 amide bonds. The van der Waals surface area contributed by atoms with E-state index in [-0.39, 0.29) is 0 Å². The molecule has 0 heterocycles. The van der Waals surface area contributed by atoms with E-state index in [1.54, 1.807) is 20.8 Å². The third kappa shape index (κ3) is 5.83. The zero-order valence-corrected chi connectivity index (χ0v) is 20.6. The number of halogens is 13. The van der Waals surface area contributed by atoms with E-state index in [1.807, 2.05) is 0 Å². The summed E-state index contributed by atoms with van der Waals surface area (Å²) >= 11 is 0. The fourth-order valence-corrected chi connectivity index (χ4v) is 2.69. The van der Waals surface area contributed by atoms with Gasteiger partial charge in [-0.05, 0) is 37.5 Å². The summed E-state index contributed by atoms with van der Waals surface area (Å²) in [6.07, 6.45) is -10.5. The molecule has 0 unspecified atom stereocenters. The maximum absolute atomic E-state index is 14.0. The largest absolute Gasteiger partial charge is 0.465 e. The van der Waals surface area contributed by atoms with Gasteiger partial charge < -0.3 is 4.74 Å². The smallest absolute Gasteiger partial charge is 0.460 e. The van der Waals surface area contributed by atoms with E-state index in [9.17, 15) is 61.9 Å². The van der Waals surface area contributed by atoms with Gasteiger partial charge in [0.15, 0.2) is 0 Å². The van der Waals surface area contributed by atoms with Crippen molar-refractivity contribution in [3.63, 3.8) is 0 Å². The minimum Gasteiger partial charge on any atom is -0.465 e. The number of hydrogen-bond acceptors (Lipinski definition) is 2. The van der Waals surface area contributed by atoms with E-state index >= 15 is 0 Å². The predicted octanol–water partition coefficient (Wildman–Crippen LogP) is 8.54. The van der Waals surface area contributed by atoms with E-state index in [4.69, 9.17) is 4.74 Å². The Hall–Kier alpha value is -1.44. The van der Waals surface area contributed by atoms with Crippen LogP contribution in [-0.4, -0.2) is 48.4 Å². The number of ether oxygens (including phenoxy) is 1. The van der Waals surface area contributed by atoms with Gasteiger partial charge in [-0.2, -0.15) is 57.1 Å². The average Bonchev–Trinajstić information content (AvgIpc) is 2.69. The molecule has 0 aliphatic rings. The van der Waals surface area contributed by atoms with Crippen LogP contribution in [-0.2, 0) is 9.53 Å². The average molecular weight is 560 g/mol. The molecule has 0 saturated carbocycles. The van der Waals surface area contributed by atoms with Gasteiger partial charge >= 0.3 is 41.8 Å². The van der Waals surface area contributed by atoms with Crippen LogP contribution in [0.15, 0.2) is 0 Å². The Labute approximate surface area is 199 Å². The Balaban J connectivity index is 5.76. The second kappa shape index (κ2) is 9.70. The zero-order chi connectivity index (χ0) is 29.6. The summed E-state index contributed by atoms with van der Waals surface area (Å²) in [5.41, 5.74) is -3.37. The first kappa shape index (κ1) is 34.6. The minimum atomic E-state index is -7.92. The summed E-state index contributed by atoms with van der Waals surface area (Å²) in [5.74, 6) is -37.8. The lowest BCUT2D eigenvalue weighted by atomic mass is 9.66. The molecule has 0 N–H and O–H groups in total. The molecule has 15 heteroatoms. The first-order valence-electron chi connectivity index (χ1n) is 10.5.